The molecule has 0 aromatic rings. The molecule has 0 radical (unpaired) electrons. The molecule has 0 atom stereocenters. The first-order chi connectivity index (χ1) is 8.16. The number of carbonyl (C=O) groups is 2. The van der Waals surface area contributed by atoms with Gasteiger partial charge in [-0.25, -0.2) is 0 Å². The molecule has 0 aromatic heterocycles. The topological polar surface area (TPSA) is 75.6 Å². The minimum Gasteiger partial charge on any atom is -0.481 e. The fraction of sp³-hybridized carbons (Fsp3) is 0.667. The van der Waals surface area contributed by atoms with Crippen molar-refractivity contribution in [3.8, 4) is 12.3 Å². The van der Waals surface area contributed by atoms with Crippen molar-refractivity contribution in [1.82, 2.24) is 5.32 Å². The number of amides is 1. The van der Waals surface area contributed by atoms with Gasteiger partial charge in [-0.15, -0.1) is 6.42 Å². The molecule has 0 spiro atoms. The fourth-order valence-corrected chi connectivity index (χ4v) is 1.17. The monoisotopic (exact) mass is 241 g/mol. The van der Waals surface area contributed by atoms with Gasteiger partial charge in [0.05, 0.1) is 6.42 Å². The molecule has 0 aliphatic heterocycles. The zero-order valence-electron chi connectivity index (χ0n) is 9.91. The van der Waals surface area contributed by atoms with Crippen LogP contribution in [0, 0.1) is 12.3 Å². The molecule has 0 heterocycles. The summed E-state index contributed by atoms with van der Waals surface area (Å²) in [5, 5.41) is 11.0. The van der Waals surface area contributed by atoms with Crippen molar-refractivity contribution in [2.45, 2.75) is 32.1 Å². The highest BCUT2D eigenvalue weighted by Crippen LogP contribution is 1.95. The number of carboxylic acid groups (broad SMARTS) is 1. The number of terminal acetylenes is 1. The lowest BCUT2D eigenvalue weighted by Crippen LogP contribution is -2.24. The maximum absolute atomic E-state index is 11.1. The van der Waals surface area contributed by atoms with E-state index in [1.54, 1.807) is 0 Å². The third kappa shape index (κ3) is 12.4. The molecule has 5 nitrogen and oxygen atoms in total. The largest absolute Gasteiger partial charge is 0.481 e. The van der Waals surface area contributed by atoms with Crippen molar-refractivity contribution in [2.75, 3.05) is 19.8 Å². The van der Waals surface area contributed by atoms with E-state index in [1.807, 2.05) is 0 Å². The van der Waals surface area contributed by atoms with Crippen molar-refractivity contribution in [3.05, 3.63) is 0 Å². The van der Waals surface area contributed by atoms with Gasteiger partial charge in [-0.3, -0.25) is 9.59 Å². The van der Waals surface area contributed by atoms with Gasteiger partial charge in [-0.05, 0) is 19.3 Å². The van der Waals surface area contributed by atoms with Gasteiger partial charge in [0.2, 0.25) is 5.91 Å². The third-order valence-electron chi connectivity index (χ3n) is 2.04. The van der Waals surface area contributed by atoms with E-state index in [2.05, 4.69) is 11.2 Å². The van der Waals surface area contributed by atoms with Crippen molar-refractivity contribution in [2.24, 2.45) is 0 Å². The second-order valence-corrected chi connectivity index (χ2v) is 3.56. The lowest BCUT2D eigenvalue weighted by Gasteiger charge is -2.04. The van der Waals surface area contributed by atoms with E-state index in [9.17, 15) is 9.59 Å². The number of carbonyl (C=O) groups excluding carboxylic acids is 1. The van der Waals surface area contributed by atoms with Crippen molar-refractivity contribution in [3.63, 3.8) is 0 Å². The molecular formula is C12H19NO4. The van der Waals surface area contributed by atoms with Crippen LogP contribution in [-0.4, -0.2) is 36.7 Å². The van der Waals surface area contributed by atoms with Crippen LogP contribution in [0.3, 0.4) is 0 Å². The number of aliphatic carboxylic acids is 1. The summed E-state index contributed by atoms with van der Waals surface area (Å²) < 4.78 is 5.09. The standard InChI is InChI=1S/C12H19NO4/c1-2-9-17-10-5-3-4-8-13-11(14)6-7-12(15)16/h1H,3-10H2,(H,13,14)(H,15,16). The second kappa shape index (κ2) is 11.0. The smallest absolute Gasteiger partial charge is 0.303 e. The number of unbranched alkanes of at least 4 members (excludes halogenated alkanes) is 2. The van der Waals surface area contributed by atoms with Crippen LogP contribution < -0.4 is 5.32 Å². The first kappa shape index (κ1) is 15.5. The van der Waals surface area contributed by atoms with Crippen LogP contribution in [0.15, 0.2) is 0 Å². The van der Waals surface area contributed by atoms with Crippen LogP contribution in [0.5, 0.6) is 0 Å². The van der Waals surface area contributed by atoms with Crippen LogP contribution in [0.25, 0.3) is 0 Å². The number of hydrogen-bond donors (Lipinski definition) is 2. The second-order valence-electron chi connectivity index (χ2n) is 3.56. The molecule has 96 valence electrons. The van der Waals surface area contributed by atoms with E-state index in [4.69, 9.17) is 16.3 Å². The van der Waals surface area contributed by atoms with Crippen LogP contribution in [-0.2, 0) is 14.3 Å². The average molecular weight is 241 g/mol. The Hall–Kier alpha value is -1.54. The Morgan fingerprint density at radius 3 is 2.65 bits per heavy atom. The summed E-state index contributed by atoms with van der Waals surface area (Å²) in [4.78, 5) is 21.3. The fourth-order valence-electron chi connectivity index (χ4n) is 1.17. The van der Waals surface area contributed by atoms with Crippen molar-refractivity contribution >= 4 is 11.9 Å². The highest BCUT2D eigenvalue weighted by atomic mass is 16.5. The van der Waals surface area contributed by atoms with E-state index in [0.717, 1.165) is 19.3 Å². The van der Waals surface area contributed by atoms with Gasteiger partial charge in [0.1, 0.15) is 6.61 Å². The Labute approximate surface area is 102 Å². The molecule has 5 heteroatoms. The van der Waals surface area contributed by atoms with Crippen LogP contribution in [0.2, 0.25) is 0 Å². The van der Waals surface area contributed by atoms with Gasteiger partial charge in [-0.2, -0.15) is 0 Å². The SMILES string of the molecule is C#CCOCCCCCNC(=O)CCC(=O)O. The molecule has 0 bridgehead atoms. The predicted molar refractivity (Wildman–Crippen MR) is 63.4 cm³/mol. The molecule has 0 aliphatic rings. The molecule has 0 unspecified atom stereocenters. The Bertz CT molecular complexity index is 270. The van der Waals surface area contributed by atoms with Crippen molar-refractivity contribution in [1.29, 1.82) is 0 Å². The summed E-state index contributed by atoms with van der Waals surface area (Å²) in [5.74, 6) is 1.22. The zero-order chi connectivity index (χ0) is 12.9. The van der Waals surface area contributed by atoms with Crippen LogP contribution >= 0.6 is 0 Å². The Kier molecular flexibility index (Phi) is 9.97. The summed E-state index contributed by atoms with van der Waals surface area (Å²) in [5.41, 5.74) is 0. The van der Waals surface area contributed by atoms with Gasteiger partial charge in [-0.1, -0.05) is 5.92 Å². The zero-order valence-corrected chi connectivity index (χ0v) is 9.91. The molecule has 0 saturated heterocycles. The summed E-state index contributed by atoms with van der Waals surface area (Å²) in [7, 11) is 0. The first-order valence-electron chi connectivity index (χ1n) is 5.66. The van der Waals surface area contributed by atoms with Crippen LogP contribution in [0.1, 0.15) is 32.1 Å². The number of hydrogen-bond acceptors (Lipinski definition) is 3. The van der Waals surface area contributed by atoms with Crippen LogP contribution in [0.4, 0.5) is 0 Å². The number of rotatable bonds is 10. The van der Waals surface area contributed by atoms with E-state index >= 15 is 0 Å². The maximum Gasteiger partial charge on any atom is 0.303 e. The van der Waals surface area contributed by atoms with Gasteiger partial charge >= 0.3 is 5.97 Å². The summed E-state index contributed by atoms with van der Waals surface area (Å²) >= 11 is 0. The Morgan fingerprint density at radius 2 is 2.00 bits per heavy atom. The quantitative estimate of drug-likeness (QED) is 0.438. The molecule has 0 saturated carbocycles. The molecule has 0 rings (SSSR count). The lowest BCUT2D eigenvalue weighted by atomic mass is 10.2. The Balaban J connectivity index is 3.20. The molecule has 0 aromatic carbocycles. The molecule has 17 heavy (non-hydrogen) atoms. The van der Waals surface area contributed by atoms with Gasteiger partial charge in [0.15, 0.2) is 0 Å². The van der Waals surface area contributed by atoms with E-state index in [-0.39, 0.29) is 18.7 Å². The van der Waals surface area contributed by atoms with Gasteiger partial charge < -0.3 is 15.2 Å². The number of carboxylic acids is 1. The lowest BCUT2D eigenvalue weighted by molar-refractivity contribution is -0.138. The maximum atomic E-state index is 11.1. The number of nitrogens with one attached hydrogen (secondary N) is 1. The minimum absolute atomic E-state index is 0.0423. The van der Waals surface area contributed by atoms with E-state index < -0.39 is 5.97 Å². The van der Waals surface area contributed by atoms with Crippen molar-refractivity contribution < 1.29 is 19.4 Å². The number of ether oxygens (including phenoxy) is 1. The molecule has 2 N–H and O–H groups in total. The van der Waals surface area contributed by atoms with E-state index in [1.165, 1.54) is 0 Å². The summed E-state index contributed by atoms with van der Waals surface area (Å²) in [6.07, 6.45) is 7.65. The normalized spacial score (nSPS) is 9.59. The highest BCUT2D eigenvalue weighted by molar-refractivity contribution is 5.80. The van der Waals surface area contributed by atoms with Gasteiger partial charge in [0.25, 0.3) is 0 Å². The molecule has 0 aliphatic carbocycles. The highest BCUT2D eigenvalue weighted by Gasteiger charge is 2.03. The third-order valence-corrected chi connectivity index (χ3v) is 2.04. The summed E-state index contributed by atoms with van der Waals surface area (Å²) in [6.45, 7) is 1.55. The molecule has 0 fully saturated rings. The Morgan fingerprint density at radius 1 is 1.24 bits per heavy atom. The predicted octanol–water partition coefficient (Wildman–Crippen LogP) is 0.787. The molecule has 1 amide bonds. The summed E-state index contributed by atoms with van der Waals surface area (Å²) in [6, 6.07) is 0. The minimum atomic E-state index is -0.953. The molecular weight excluding hydrogens is 222 g/mol. The average Bonchev–Trinajstić information content (AvgIpc) is 2.30. The van der Waals surface area contributed by atoms with Gasteiger partial charge in [0, 0.05) is 19.6 Å². The first-order valence-corrected chi connectivity index (χ1v) is 5.66. The van der Waals surface area contributed by atoms with E-state index in [0.29, 0.717) is 19.8 Å².